The van der Waals surface area contributed by atoms with Gasteiger partial charge in [-0.3, -0.25) is 4.79 Å². The number of phenols is 1. The number of anilines is 1. The molecule has 1 aliphatic heterocycles. The van der Waals surface area contributed by atoms with E-state index in [0.29, 0.717) is 18.0 Å². The van der Waals surface area contributed by atoms with Crippen molar-refractivity contribution in [1.82, 2.24) is 0 Å². The van der Waals surface area contributed by atoms with Crippen LogP contribution in [-0.4, -0.2) is 17.6 Å². The van der Waals surface area contributed by atoms with Gasteiger partial charge < -0.3 is 10.0 Å². The molecular weight excluding hydrogens is 377 g/mol. The second-order valence-electron chi connectivity index (χ2n) is 5.52. The van der Waals surface area contributed by atoms with Crippen LogP contribution in [0.2, 0.25) is 0 Å². The molecule has 1 atom stereocenters. The number of nitrogens with zero attached hydrogens (tertiary/aromatic N) is 1. The highest BCUT2D eigenvalue weighted by Gasteiger charge is 2.28. The molecule has 0 bridgehead atoms. The maximum absolute atomic E-state index is 12.8. The molecule has 1 heterocycles. The quantitative estimate of drug-likeness (QED) is 0.749. The fourth-order valence-corrected chi connectivity index (χ4v) is 3.31. The monoisotopic (exact) mass is 393 g/mol. The van der Waals surface area contributed by atoms with Crippen LogP contribution in [-0.2, 0) is 6.42 Å². The van der Waals surface area contributed by atoms with Crippen LogP contribution < -0.4 is 4.90 Å². The van der Waals surface area contributed by atoms with Crippen LogP contribution in [0.1, 0.15) is 22.8 Å². The Hall–Kier alpha value is -1.56. The summed E-state index contributed by atoms with van der Waals surface area (Å²) in [6.07, 6.45) is 0.984. The van der Waals surface area contributed by atoms with Crippen LogP contribution >= 0.6 is 22.6 Å². The van der Waals surface area contributed by atoms with E-state index in [9.17, 15) is 9.90 Å². The van der Waals surface area contributed by atoms with Gasteiger partial charge in [0.25, 0.3) is 5.91 Å². The van der Waals surface area contributed by atoms with Gasteiger partial charge in [-0.25, -0.2) is 0 Å². The van der Waals surface area contributed by atoms with Crippen molar-refractivity contribution in [3.8, 4) is 5.75 Å². The van der Waals surface area contributed by atoms with Gasteiger partial charge in [0.15, 0.2) is 0 Å². The highest BCUT2D eigenvalue weighted by Crippen LogP contribution is 2.32. The van der Waals surface area contributed by atoms with Gasteiger partial charge in [-0.1, -0.05) is 25.1 Å². The van der Waals surface area contributed by atoms with Crippen molar-refractivity contribution in [3.63, 3.8) is 0 Å². The maximum Gasteiger partial charge on any atom is 0.262 e. The summed E-state index contributed by atoms with van der Waals surface area (Å²) in [6, 6.07) is 13.1. The Morgan fingerprint density at radius 3 is 2.86 bits per heavy atom. The first kappa shape index (κ1) is 14.4. The number of hydrogen-bond acceptors (Lipinski definition) is 2. The first-order valence-electron chi connectivity index (χ1n) is 6.94. The molecular formula is C17H16INO2. The summed E-state index contributed by atoms with van der Waals surface area (Å²) in [5.74, 6) is 0.315. The number of hydrogen-bond donors (Lipinski definition) is 1. The van der Waals surface area contributed by atoms with Gasteiger partial charge in [0.1, 0.15) is 5.75 Å². The zero-order valence-corrected chi connectivity index (χ0v) is 13.9. The van der Waals surface area contributed by atoms with Gasteiger partial charge in [0.2, 0.25) is 0 Å². The number of benzene rings is 2. The van der Waals surface area contributed by atoms with Crippen LogP contribution in [0.3, 0.4) is 0 Å². The molecule has 3 nitrogen and oxygen atoms in total. The number of amides is 1. The fraction of sp³-hybridized carbons (Fsp3) is 0.235. The molecule has 0 spiro atoms. The molecule has 0 radical (unpaired) electrons. The molecule has 1 N–H and O–H groups in total. The highest BCUT2D eigenvalue weighted by molar-refractivity contribution is 14.1. The molecule has 0 aromatic heterocycles. The minimum atomic E-state index is -0.134. The standard InChI is InChI=1S/C17H16INO2/c1-11-8-12-4-2-3-5-15(12)19(10-11)17(21)14-9-13(18)6-7-16(14)20/h2-7,9,11,20H,8,10H2,1H3. The van der Waals surface area contributed by atoms with Crippen molar-refractivity contribution in [2.45, 2.75) is 13.3 Å². The third kappa shape index (κ3) is 2.77. The van der Waals surface area contributed by atoms with E-state index in [1.54, 1.807) is 23.1 Å². The molecule has 2 aromatic carbocycles. The molecule has 21 heavy (non-hydrogen) atoms. The number of phenolic OH excluding ortho intramolecular Hbond substituents is 1. The highest BCUT2D eigenvalue weighted by atomic mass is 127. The summed E-state index contributed by atoms with van der Waals surface area (Å²) < 4.78 is 0.937. The minimum absolute atomic E-state index is 0.0381. The number of halogens is 1. The van der Waals surface area contributed by atoms with Crippen LogP contribution in [0, 0.1) is 9.49 Å². The zero-order valence-electron chi connectivity index (χ0n) is 11.7. The number of fused-ring (bicyclic) bond motifs is 1. The zero-order chi connectivity index (χ0) is 15.0. The van der Waals surface area contributed by atoms with Crippen molar-refractivity contribution >= 4 is 34.2 Å². The Labute approximate surface area is 137 Å². The summed E-state index contributed by atoms with van der Waals surface area (Å²) in [6.45, 7) is 2.82. The third-order valence-corrected chi connectivity index (χ3v) is 4.45. The van der Waals surface area contributed by atoms with Crippen molar-refractivity contribution in [2.75, 3.05) is 11.4 Å². The SMILES string of the molecule is CC1Cc2ccccc2N(C(=O)c2cc(I)ccc2O)C1. The second-order valence-corrected chi connectivity index (χ2v) is 6.76. The Bertz CT molecular complexity index is 699. The van der Waals surface area contributed by atoms with Crippen molar-refractivity contribution in [3.05, 3.63) is 57.2 Å². The third-order valence-electron chi connectivity index (χ3n) is 3.78. The normalized spacial score (nSPS) is 17.4. The number of rotatable bonds is 1. The van der Waals surface area contributed by atoms with Gasteiger partial charge in [-0.15, -0.1) is 0 Å². The van der Waals surface area contributed by atoms with Crippen LogP contribution in [0.5, 0.6) is 5.75 Å². The van der Waals surface area contributed by atoms with Crippen molar-refractivity contribution < 1.29 is 9.90 Å². The lowest BCUT2D eigenvalue weighted by atomic mass is 9.93. The van der Waals surface area contributed by atoms with Crippen molar-refractivity contribution in [2.24, 2.45) is 5.92 Å². The van der Waals surface area contributed by atoms with E-state index < -0.39 is 0 Å². The fourth-order valence-electron chi connectivity index (χ4n) is 2.81. The Morgan fingerprint density at radius 2 is 2.05 bits per heavy atom. The first-order valence-corrected chi connectivity index (χ1v) is 8.02. The van der Waals surface area contributed by atoms with E-state index in [4.69, 9.17) is 0 Å². The van der Waals surface area contributed by atoms with E-state index in [1.165, 1.54) is 5.56 Å². The van der Waals surface area contributed by atoms with E-state index in [0.717, 1.165) is 15.7 Å². The molecule has 3 rings (SSSR count). The van der Waals surface area contributed by atoms with E-state index in [-0.39, 0.29) is 11.7 Å². The molecule has 1 amide bonds. The second kappa shape index (κ2) is 5.67. The molecule has 2 aromatic rings. The summed E-state index contributed by atoms with van der Waals surface area (Å²) in [7, 11) is 0. The summed E-state index contributed by atoms with van der Waals surface area (Å²) in [5.41, 5.74) is 2.51. The molecule has 0 aliphatic carbocycles. The largest absolute Gasteiger partial charge is 0.507 e. The van der Waals surface area contributed by atoms with Gasteiger partial charge in [-0.2, -0.15) is 0 Å². The minimum Gasteiger partial charge on any atom is -0.507 e. The molecule has 4 heteroatoms. The summed E-state index contributed by atoms with van der Waals surface area (Å²) in [5, 5.41) is 10.00. The molecule has 0 saturated carbocycles. The predicted molar refractivity (Wildman–Crippen MR) is 91.8 cm³/mol. The van der Waals surface area contributed by atoms with E-state index in [2.05, 4.69) is 35.6 Å². The topological polar surface area (TPSA) is 40.5 Å². The Balaban J connectivity index is 2.04. The van der Waals surface area contributed by atoms with Gasteiger partial charge in [0.05, 0.1) is 5.56 Å². The molecule has 1 unspecified atom stereocenters. The van der Waals surface area contributed by atoms with E-state index in [1.807, 2.05) is 18.2 Å². The number of carbonyl (C=O) groups is 1. The molecule has 1 aliphatic rings. The smallest absolute Gasteiger partial charge is 0.262 e. The molecule has 0 saturated heterocycles. The molecule has 0 fully saturated rings. The average Bonchev–Trinajstić information content (AvgIpc) is 2.48. The van der Waals surface area contributed by atoms with E-state index >= 15 is 0 Å². The van der Waals surface area contributed by atoms with Gasteiger partial charge >= 0.3 is 0 Å². The Kier molecular flexibility index (Phi) is 3.89. The number of para-hydroxylation sites is 1. The number of carbonyl (C=O) groups excluding carboxylic acids is 1. The summed E-state index contributed by atoms with van der Waals surface area (Å²) >= 11 is 2.15. The maximum atomic E-state index is 12.8. The predicted octanol–water partition coefficient (Wildman–Crippen LogP) is 3.84. The van der Waals surface area contributed by atoms with Gasteiger partial charge in [0, 0.05) is 15.8 Å². The summed E-state index contributed by atoms with van der Waals surface area (Å²) in [4.78, 5) is 14.6. The number of aromatic hydroxyl groups is 1. The lowest BCUT2D eigenvalue weighted by Crippen LogP contribution is -2.39. The average molecular weight is 393 g/mol. The Morgan fingerprint density at radius 1 is 1.29 bits per heavy atom. The van der Waals surface area contributed by atoms with Gasteiger partial charge in [-0.05, 0) is 64.8 Å². The van der Waals surface area contributed by atoms with Crippen LogP contribution in [0.15, 0.2) is 42.5 Å². The van der Waals surface area contributed by atoms with Crippen LogP contribution in [0.25, 0.3) is 0 Å². The lowest BCUT2D eigenvalue weighted by Gasteiger charge is -2.33. The lowest BCUT2D eigenvalue weighted by molar-refractivity contribution is 0.0978. The van der Waals surface area contributed by atoms with Crippen LogP contribution in [0.4, 0.5) is 5.69 Å². The molecule has 108 valence electrons. The first-order chi connectivity index (χ1) is 10.1. The van der Waals surface area contributed by atoms with Crippen molar-refractivity contribution in [1.29, 1.82) is 0 Å².